The number of anilines is 1. The van der Waals surface area contributed by atoms with E-state index in [0.29, 0.717) is 18.0 Å². The van der Waals surface area contributed by atoms with E-state index in [2.05, 4.69) is 5.32 Å². The normalized spacial score (nSPS) is 11.3. The van der Waals surface area contributed by atoms with Crippen LogP contribution in [-0.4, -0.2) is 32.5 Å². The Hall–Kier alpha value is -2.78. The number of sulfonamides is 1. The lowest BCUT2D eigenvalue weighted by molar-refractivity contribution is -0.123. The second-order valence-electron chi connectivity index (χ2n) is 6.49. The van der Waals surface area contributed by atoms with Gasteiger partial charge in [0.25, 0.3) is 15.9 Å². The topological polar surface area (TPSA) is 80.6 Å². The third kappa shape index (κ3) is 4.80. The van der Waals surface area contributed by atoms with E-state index in [1.165, 1.54) is 22.7 Å². The summed E-state index contributed by atoms with van der Waals surface area (Å²) in [6.45, 7) is 2.31. The summed E-state index contributed by atoms with van der Waals surface area (Å²) in [7, 11) is -0.125. The Morgan fingerprint density at radius 1 is 1.17 bits per heavy atom. The Bertz CT molecular complexity index is 1070. The van der Waals surface area contributed by atoms with Gasteiger partial charge in [-0.05, 0) is 54.8 Å². The highest BCUT2D eigenvalue weighted by Gasteiger charge is 2.22. The predicted octanol–water partition coefficient (Wildman–Crippen LogP) is 2.92. The monoisotopic (exact) mass is 433 g/mol. The van der Waals surface area contributed by atoms with Crippen LogP contribution >= 0.6 is 11.3 Å². The number of nitrogens with one attached hydrogen (secondary N) is 1. The van der Waals surface area contributed by atoms with Crippen LogP contribution in [-0.2, 0) is 28.4 Å². The first-order valence-electron chi connectivity index (χ1n) is 8.92. The number of nitrogens with zero attached hydrogens (tertiary/aromatic N) is 2. The molecule has 7 nitrogen and oxygen atoms in total. The third-order valence-electron chi connectivity index (χ3n) is 4.62. The van der Waals surface area contributed by atoms with Gasteiger partial charge < -0.3 is 14.6 Å². The first-order chi connectivity index (χ1) is 13.8. The molecule has 0 atom stereocenters. The van der Waals surface area contributed by atoms with Crippen molar-refractivity contribution in [2.45, 2.75) is 17.7 Å². The molecule has 1 N–H and O–H groups in total. The first-order valence-corrected chi connectivity index (χ1v) is 11.2. The average Bonchev–Trinajstić information content (AvgIpc) is 3.36. The Morgan fingerprint density at radius 2 is 1.90 bits per heavy atom. The number of benzene rings is 1. The molecule has 1 aromatic carbocycles. The molecule has 0 unspecified atom stereocenters. The van der Waals surface area contributed by atoms with Gasteiger partial charge in [0.05, 0.1) is 12.2 Å². The average molecular weight is 434 g/mol. The fourth-order valence-corrected chi connectivity index (χ4v) is 5.03. The number of carbonyl (C=O) groups excluding carboxylic acids is 1. The summed E-state index contributed by atoms with van der Waals surface area (Å²) in [5.41, 5.74) is 2.64. The molecule has 29 heavy (non-hydrogen) atoms. The molecule has 1 amide bonds. The van der Waals surface area contributed by atoms with Gasteiger partial charge in [-0.15, -0.1) is 11.3 Å². The largest absolute Gasteiger partial charge is 0.484 e. The van der Waals surface area contributed by atoms with Gasteiger partial charge >= 0.3 is 0 Å². The van der Waals surface area contributed by atoms with Gasteiger partial charge in [-0.25, -0.2) is 8.42 Å². The van der Waals surface area contributed by atoms with Gasteiger partial charge in [-0.2, -0.15) is 0 Å². The number of ether oxygens (including phenoxy) is 1. The maximum atomic E-state index is 12.6. The third-order valence-corrected chi connectivity index (χ3v) is 7.78. The van der Waals surface area contributed by atoms with E-state index in [0.717, 1.165) is 11.4 Å². The summed E-state index contributed by atoms with van der Waals surface area (Å²) in [6, 6.07) is 13.8. The second-order valence-corrected chi connectivity index (χ2v) is 9.63. The maximum Gasteiger partial charge on any atom is 0.273 e. The number of aromatic nitrogens is 1. The molecule has 0 aliphatic heterocycles. The van der Waals surface area contributed by atoms with Crippen LogP contribution in [0.5, 0.6) is 5.75 Å². The number of carbonyl (C=O) groups is 1. The molecular formula is C20H23N3O4S2. The molecule has 0 radical (unpaired) electrons. The van der Waals surface area contributed by atoms with Crippen LogP contribution in [0.25, 0.3) is 0 Å². The lowest BCUT2D eigenvalue weighted by atomic mass is 10.3. The van der Waals surface area contributed by atoms with Gasteiger partial charge in [0.15, 0.2) is 6.61 Å². The Labute approximate surface area is 174 Å². The summed E-state index contributed by atoms with van der Waals surface area (Å²) < 4.78 is 34.1. The Kier molecular flexibility index (Phi) is 6.29. The van der Waals surface area contributed by atoms with E-state index >= 15 is 0 Å². The maximum absolute atomic E-state index is 12.6. The molecule has 0 aliphatic carbocycles. The molecule has 9 heteroatoms. The van der Waals surface area contributed by atoms with Gasteiger partial charge in [0.2, 0.25) is 0 Å². The zero-order chi connectivity index (χ0) is 21.0. The van der Waals surface area contributed by atoms with E-state index in [4.69, 9.17) is 4.74 Å². The molecule has 0 saturated carbocycles. The summed E-state index contributed by atoms with van der Waals surface area (Å²) in [6.07, 6.45) is 0. The van der Waals surface area contributed by atoms with E-state index < -0.39 is 10.0 Å². The van der Waals surface area contributed by atoms with Crippen molar-refractivity contribution in [3.05, 3.63) is 65.3 Å². The molecule has 2 heterocycles. The van der Waals surface area contributed by atoms with Gasteiger partial charge in [-0.3, -0.25) is 9.10 Å². The standard InChI is InChI=1S/C20H23N3O4S2/c1-15-6-7-17(22(15)2)13-21-19(24)14-27-18-10-8-16(9-11-18)23(3)29(25,26)20-5-4-12-28-20/h4-12H,13-14H2,1-3H3,(H,21,24). The molecule has 3 rings (SSSR count). The zero-order valence-electron chi connectivity index (χ0n) is 16.5. The molecule has 0 fully saturated rings. The number of thiophene rings is 1. The number of hydrogen-bond donors (Lipinski definition) is 1. The molecule has 3 aromatic rings. The van der Waals surface area contributed by atoms with Crippen molar-refractivity contribution < 1.29 is 17.9 Å². The minimum atomic E-state index is -3.58. The van der Waals surface area contributed by atoms with Crippen LogP contribution in [0.15, 0.2) is 58.1 Å². The zero-order valence-corrected chi connectivity index (χ0v) is 18.1. The Balaban J connectivity index is 1.54. The number of rotatable bonds is 8. The number of hydrogen-bond acceptors (Lipinski definition) is 5. The smallest absolute Gasteiger partial charge is 0.273 e. The van der Waals surface area contributed by atoms with E-state index in [-0.39, 0.29) is 16.7 Å². The highest BCUT2D eigenvalue weighted by atomic mass is 32.2. The summed E-state index contributed by atoms with van der Waals surface area (Å²) in [5, 5.41) is 4.54. The van der Waals surface area contributed by atoms with Gasteiger partial charge in [0.1, 0.15) is 9.96 Å². The fraction of sp³-hybridized carbons (Fsp3) is 0.250. The van der Waals surface area contributed by atoms with E-state index in [9.17, 15) is 13.2 Å². The van der Waals surface area contributed by atoms with Crippen LogP contribution in [0.2, 0.25) is 0 Å². The van der Waals surface area contributed by atoms with Crippen LogP contribution < -0.4 is 14.4 Å². The van der Waals surface area contributed by atoms with E-state index in [1.807, 2.05) is 30.7 Å². The van der Waals surface area contributed by atoms with Crippen molar-refractivity contribution in [2.75, 3.05) is 18.0 Å². The molecule has 0 bridgehead atoms. The van der Waals surface area contributed by atoms with Crippen molar-refractivity contribution in [2.24, 2.45) is 7.05 Å². The lowest BCUT2D eigenvalue weighted by Crippen LogP contribution is -2.29. The van der Waals surface area contributed by atoms with Gasteiger partial charge in [0, 0.05) is 25.5 Å². The minimum absolute atomic E-state index is 0.119. The first kappa shape index (κ1) is 20.9. The minimum Gasteiger partial charge on any atom is -0.484 e. The van der Waals surface area contributed by atoms with Crippen molar-refractivity contribution in [1.29, 1.82) is 0 Å². The SMILES string of the molecule is Cc1ccc(CNC(=O)COc2ccc(N(C)S(=O)(=O)c3cccs3)cc2)n1C. The number of amides is 1. The number of aryl methyl sites for hydroxylation is 1. The lowest BCUT2D eigenvalue weighted by Gasteiger charge is -2.18. The summed E-state index contributed by atoms with van der Waals surface area (Å²) >= 11 is 1.17. The van der Waals surface area contributed by atoms with Crippen LogP contribution in [0, 0.1) is 6.92 Å². The predicted molar refractivity (Wildman–Crippen MR) is 114 cm³/mol. The second kappa shape index (κ2) is 8.71. The highest BCUT2D eigenvalue weighted by molar-refractivity contribution is 7.94. The summed E-state index contributed by atoms with van der Waals surface area (Å²) in [5.74, 6) is 0.255. The molecule has 154 valence electrons. The molecule has 0 spiro atoms. The molecule has 0 saturated heterocycles. The fourth-order valence-electron chi connectivity index (χ4n) is 2.67. The molecular weight excluding hydrogens is 410 g/mol. The van der Waals surface area contributed by atoms with Crippen LogP contribution in [0.4, 0.5) is 5.69 Å². The Morgan fingerprint density at radius 3 is 2.48 bits per heavy atom. The van der Waals surface area contributed by atoms with Crippen molar-refractivity contribution in [3.8, 4) is 5.75 Å². The molecule has 0 aliphatic rings. The van der Waals surface area contributed by atoms with Crippen molar-refractivity contribution >= 4 is 33.0 Å². The van der Waals surface area contributed by atoms with E-state index in [1.54, 1.807) is 41.8 Å². The van der Waals surface area contributed by atoms with Crippen LogP contribution in [0.1, 0.15) is 11.4 Å². The van der Waals surface area contributed by atoms with Crippen molar-refractivity contribution in [3.63, 3.8) is 0 Å². The quantitative estimate of drug-likeness (QED) is 0.592. The van der Waals surface area contributed by atoms with Crippen LogP contribution in [0.3, 0.4) is 0 Å². The molecule has 2 aromatic heterocycles. The summed E-state index contributed by atoms with van der Waals surface area (Å²) in [4.78, 5) is 12.0. The van der Waals surface area contributed by atoms with Gasteiger partial charge in [-0.1, -0.05) is 6.07 Å². The highest BCUT2D eigenvalue weighted by Crippen LogP contribution is 2.26. The van der Waals surface area contributed by atoms with Crippen molar-refractivity contribution in [1.82, 2.24) is 9.88 Å².